The van der Waals surface area contributed by atoms with Gasteiger partial charge in [-0.15, -0.1) is 0 Å². The Hall–Kier alpha value is -2.59. The number of benzene rings is 1. The van der Waals surface area contributed by atoms with Crippen LogP contribution in [-0.4, -0.2) is 50.1 Å². The number of nitrogens with zero attached hydrogens (tertiary/aromatic N) is 1. The van der Waals surface area contributed by atoms with Gasteiger partial charge in [-0.1, -0.05) is 6.42 Å². The summed E-state index contributed by atoms with van der Waals surface area (Å²) >= 11 is 0. The summed E-state index contributed by atoms with van der Waals surface area (Å²) in [7, 11) is 0. The van der Waals surface area contributed by atoms with Crippen LogP contribution < -0.4 is 21.3 Å². The van der Waals surface area contributed by atoms with Crippen LogP contribution in [0, 0.1) is 5.92 Å². The Labute approximate surface area is 166 Å². The number of hydrogen-bond acceptors (Lipinski definition) is 5. The molecular weight excluding hydrogens is 386 g/mol. The molecule has 0 radical (unpaired) electrons. The van der Waals surface area contributed by atoms with Crippen LogP contribution in [0.3, 0.4) is 0 Å². The van der Waals surface area contributed by atoms with E-state index in [1.54, 1.807) is 0 Å². The molecule has 2 fully saturated rings. The third-order valence-corrected chi connectivity index (χ3v) is 5.19. The molecule has 29 heavy (non-hydrogen) atoms. The van der Waals surface area contributed by atoms with Gasteiger partial charge in [0.1, 0.15) is 6.61 Å². The predicted molar refractivity (Wildman–Crippen MR) is 102 cm³/mol. The number of morpholine rings is 1. The van der Waals surface area contributed by atoms with Gasteiger partial charge in [0, 0.05) is 17.8 Å². The van der Waals surface area contributed by atoms with Crippen LogP contribution in [0.5, 0.6) is 0 Å². The van der Waals surface area contributed by atoms with Crippen LogP contribution >= 0.6 is 0 Å². The topological polar surface area (TPSA) is 114 Å². The lowest BCUT2D eigenvalue weighted by atomic mass is 9.85. The Morgan fingerprint density at radius 3 is 2.66 bits per heavy atom. The molecule has 1 heterocycles. The van der Waals surface area contributed by atoms with E-state index >= 15 is 0 Å². The molecule has 0 bridgehead atoms. The molecule has 0 aromatic heterocycles. The predicted octanol–water partition coefficient (Wildman–Crippen LogP) is 1.17. The fourth-order valence-corrected chi connectivity index (χ4v) is 3.34. The third-order valence-electron chi connectivity index (χ3n) is 5.19. The van der Waals surface area contributed by atoms with Crippen molar-refractivity contribution in [3.05, 3.63) is 23.8 Å². The molecule has 0 unspecified atom stereocenters. The van der Waals surface area contributed by atoms with Crippen LogP contribution in [-0.2, 0) is 19.1 Å². The number of nitrogens with one attached hydrogen (secondary N) is 2. The zero-order valence-corrected chi connectivity index (χ0v) is 15.8. The summed E-state index contributed by atoms with van der Waals surface area (Å²) in [5.74, 6) is -1.57. The van der Waals surface area contributed by atoms with Crippen molar-refractivity contribution < 1.29 is 27.9 Å². The van der Waals surface area contributed by atoms with Gasteiger partial charge >= 0.3 is 0 Å². The van der Waals surface area contributed by atoms with E-state index in [-0.39, 0.29) is 31.1 Å². The maximum absolute atomic E-state index is 13.6. The van der Waals surface area contributed by atoms with Crippen molar-refractivity contribution in [3.8, 4) is 0 Å². The number of alkyl halides is 2. The molecule has 1 aliphatic carbocycles. The number of rotatable bonds is 8. The summed E-state index contributed by atoms with van der Waals surface area (Å²) in [5.41, 5.74) is 5.08. The first-order valence-corrected chi connectivity index (χ1v) is 9.50. The van der Waals surface area contributed by atoms with Gasteiger partial charge in [0.15, 0.2) is 6.04 Å². The summed E-state index contributed by atoms with van der Waals surface area (Å²) in [6, 6.07) is 2.60. The molecule has 158 valence electrons. The van der Waals surface area contributed by atoms with E-state index in [0.29, 0.717) is 12.5 Å². The van der Waals surface area contributed by atoms with E-state index in [4.69, 9.17) is 10.5 Å². The molecule has 10 heteroatoms. The first-order valence-electron chi connectivity index (χ1n) is 9.50. The number of anilines is 2. The minimum Gasteiger partial charge on any atom is -0.370 e. The average molecular weight is 410 g/mol. The number of primary amides is 1. The fraction of sp³-hybridized carbons (Fsp3) is 0.526. The van der Waals surface area contributed by atoms with Crippen LogP contribution in [0.15, 0.2) is 18.2 Å². The van der Waals surface area contributed by atoms with Crippen LogP contribution in [0.25, 0.3) is 0 Å². The van der Waals surface area contributed by atoms with E-state index in [1.165, 1.54) is 17.0 Å². The SMILES string of the molecule is NC(=O)[C@H](NCC1CCC1)C(=O)Nc1ccc(N2CCOCC2=O)c(C(F)F)c1. The van der Waals surface area contributed by atoms with Crippen LogP contribution in [0.2, 0.25) is 0 Å². The van der Waals surface area contributed by atoms with Crippen molar-refractivity contribution >= 4 is 29.1 Å². The van der Waals surface area contributed by atoms with Crippen LogP contribution in [0.1, 0.15) is 31.3 Å². The second-order valence-electron chi connectivity index (χ2n) is 7.20. The normalized spacial score (nSPS) is 18.4. The quantitative estimate of drug-likeness (QED) is 0.557. The van der Waals surface area contributed by atoms with E-state index in [9.17, 15) is 23.2 Å². The Kier molecular flexibility index (Phi) is 6.75. The van der Waals surface area contributed by atoms with E-state index in [1.807, 2.05) is 0 Å². The van der Waals surface area contributed by atoms with Crippen molar-refractivity contribution in [1.82, 2.24) is 5.32 Å². The number of halogens is 2. The molecule has 8 nitrogen and oxygen atoms in total. The van der Waals surface area contributed by atoms with Gasteiger partial charge in [-0.05, 0) is 43.5 Å². The Morgan fingerprint density at radius 1 is 1.31 bits per heavy atom. The summed E-state index contributed by atoms with van der Waals surface area (Å²) in [4.78, 5) is 37.3. The first-order chi connectivity index (χ1) is 13.9. The number of hydrogen-bond donors (Lipinski definition) is 3. The average Bonchev–Trinajstić information content (AvgIpc) is 2.63. The van der Waals surface area contributed by atoms with Crippen molar-refractivity contribution in [1.29, 1.82) is 0 Å². The molecule has 1 aromatic rings. The van der Waals surface area contributed by atoms with E-state index < -0.39 is 35.8 Å². The lowest BCUT2D eigenvalue weighted by Gasteiger charge is -2.29. The van der Waals surface area contributed by atoms with Gasteiger partial charge in [-0.3, -0.25) is 19.7 Å². The number of amides is 3. The lowest BCUT2D eigenvalue weighted by molar-refractivity contribution is -0.128. The molecule has 1 aliphatic heterocycles. The highest BCUT2D eigenvalue weighted by molar-refractivity contribution is 6.09. The molecule has 3 amide bonds. The largest absolute Gasteiger partial charge is 0.370 e. The van der Waals surface area contributed by atoms with Gasteiger partial charge in [0.05, 0.1) is 12.3 Å². The van der Waals surface area contributed by atoms with Gasteiger partial charge in [0.2, 0.25) is 5.91 Å². The second kappa shape index (κ2) is 9.27. The molecule has 1 atom stereocenters. The minimum absolute atomic E-state index is 0.0702. The van der Waals surface area contributed by atoms with Crippen LogP contribution in [0.4, 0.5) is 20.2 Å². The summed E-state index contributed by atoms with van der Waals surface area (Å²) < 4.78 is 32.2. The van der Waals surface area contributed by atoms with Crippen molar-refractivity contribution in [3.63, 3.8) is 0 Å². The number of nitrogens with two attached hydrogens (primary N) is 1. The summed E-state index contributed by atoms with van der Waals surface area (Å²) in [6.45, 7) is 0.731. The highest BCUT2D eigenvalue weighted by atomic mass is 19.3. The summed E-state index contributed by atoms with van der Waals surface area (Å²) in [6.07, 6.45) is 0.314. The second-order valence-corrected chi connectivity index (χ2v) is 7.20. The van der Waals surface area contributed by atoms with Crippen molar-refractivity contribution in [2.45, 2.75) is 31.7 Å². The standard InChI is InChI=1S/C19H24F2N4O4/c20-17(21)13-8-12(4-5-14(13)25-6-7-29-10-15(25)26)24-19(28)16(18(22)27)23-9-11-2-1-3-11/h4-5,8,11,16-17,23H,1-3,6-7,9-10H2,(H2,22,27)(H,24,28)/t16-/m0/s1. The Bertz CT molecular complexity index is 785. The monoisotopic (exact) mass is 410 g/mol. The lowest BCUT2D eigenvalue weighted by Crippen LogP contribution is -2.51. The van der Waals surface area contributed by atoms with Crippen molar-refractivity contribution in [2.24, 2.45) is 11.7 Å². The molecule has 0 spiro atoms. The zero-order valence-electron chi connectivity index (χ0n) is 15.8. The maximum Gasteiger partial charge on any atom is 0.265 e. The molecular formula is C19H24F2N4O4. The van der Waals surface area contributed by atoms with Gasteiger partial charge in [-0.25, -0.2) is 8.78 Å². The zero-order chi connectivity index (χ0) is 21.0. The minimum atomic E-state index is -2.86. The number of carbonyl (C=O) groups is 3. The third kappa shape index (κ3) is 5.07. The molecule has 1 saturated heterocycles. The fourth-order valence-electron chi connectivity index (χ4n) is 3.34. The first kappa shape index (κ1) is 21.1. The Morgan fingerprint density at radius 2 is 2.07 bits per heavy atom. The molecule has 1 aromatic carbocycles. The molecule has 4 N–H and O–H groups in total. The molecule has 2 aliphatic rings. The Balaban J connectivity index is 1.73. The number of carbonyl (C=O) groups excluding carboxylic acids is 3. The summed E-state index contributed by atoms with van der Waals surface area (Å²) in [5, 5.41) is 5.30. The number of ether oxygens (including phenoxy) is 1. The van der Waals surface area contributed by atoms with Gasteiger partial charge in [-0.2, -0.15) is 0 Å². The highest BCUT2D eigenvalue weighted by Gasteiger charge is 2.28. The van der Waals surface area contributed by atoms with Gasteiger partial charge < -0.3 is 20.7 Å². The van der Waals surface area contributed by atoms with E-state index in [2.05, 4.69) is 10.6 Å². The molecule has 1 saturated carbocycles. The maximum atomic E-state index is 13.6. The van der Waals surface area contributed by atoms with Gasteiger partial charge in [0.25, 0.3) is 18.2 Å². The van der Waals surface area contributed by atoms with E-state index in [0.717, 1.165) is 25.3 Å². The van der Waals surface area contributed by atoms with Crippen molar-refractivity contribution in [2.75, 3.05) is 36.5 Å². The smallest absolute Gasteiger partial charge is 0.265 e. The highest BCUT2D eigenvalue weighted by Crippen LogP contribution is 2.33. The molecule has 3 rings (SSSR count).